The van der Waals surface area contributed by atoms with Crippen LogP contribution < -0.4 is 4.90 Å². The van der Waals surface area contributed by atoms with Crippen LogP contribution in [0.15, 0.2) is 30.5 Å². The van der Waals surface area contributed by atoms with E-state index >= 15 is 0 Å². The second-order valence-corrected chi connectivity index (χ2v) is 7.80. The highest BCUT2D eigenvalue weighted by Crippen LogP contribution is 2.27. The maximum absolute atomic E-state index is 5.48. The van der Waals surface area contributed by atoms with Gasteiger partial charge in [0.25, 0.3) is 0 Å². The van der Waals surface area contributed by atoms with Crippen molar-refractivity contribution in [3.63, 3.8) is 0 Å². The second kappa shape index (κ2) is 5.90. The van der Waals surface area contributed by atoms with Gasteiger partial charge in [-0.05, 0) is 12.1 Å². The van der Waals surface area contributed by atoms with Crippen molar-refractivity contribution in [2.45, 2.75) is 32.7 Å². The van der Waals surface area contributed by atoms with E-state index in [1.54, 1.807) is 4.90 Å². The summed E-state index contributed by atoms with van der Waals surface area (Å²) in [4.78, 5) is 6.53. The fourth-order valence-electron chi connectivity index (χ4n) is 3.65. The normalized spacial score (nSPS) is 17.1. The first kappa shape index (κ1) is 15.7. The summed E-state index contributed by atoms with van der Waals surface area (Å²) in [6.45, 7) is 13.0. The Labute approximate surface area is 142 Å². The summed E-state index contributed by atoms with van der Waals surface area (Å²) in [5, 5.41) is 0. The average molecular weight is 327 g/mol. The molecule has 24 heavy (non-hydrogen) atoms. The van der Waals surface area contributed by atoms with Crippen molar-refractivity contribution < 1.29 is 9.64 Å². The Morgan fingerprint density at radius 2 is 1.92 bits per heavy atom. The van der Waals surface area contributed by atoms with E-state index in [9.17, 15) is 0 Å². The minimum Gasteiger partial charge on any atom is -0.370 e. The Balaban J connectivity index is 1.75. The van der Waals surface area contributed by atoms with Crippen molar-refractivity contribution in [3.8, 4) is 0 Å². The maximum Gasteiger partial charge on any atom is 0.215 e. The largest absolute Gasteiger partial charge is 0.370 e. The summed E-state index contributed by atoms with van der Waals surface area (Å²) in [5.41, 5.74) is 3.71. The molecule has 1 N–H and O–H groups in total. The molecular weight excluding hydrogens is 300 g/mol. The summed E-state index contributed by atoms with van der Waals surface area (Å²) >= 11 is 0. The zero-order valence-corrected chi connectivity index (χ0v) is 14.9. The number of hydrogen-bond acceptors (Lipinski definition) is 2. The minimum atomic E-state index is 0.0994. The number of nitrogens with zero attached hydrogens (tertiary/aromatic N) is 3. The lowest BCUT2D eigenvalue weighted by Gasteiger charge is -2.25. The van der Waals surface area contributed by atoms with Crippen LogP contribution in [0.4, 0.5) is 0 Å². The fraction of sp³-hybridized carbons (Fsp3) is 0.526. The van der Waals surface area contributed by atoms with Crippen LogP contribution in [0.25, 0.3) is 16.8 Å². The van der Waals surface area contributed by atoms with Crippen LogP contribution >= 0.6 is 0 Å². The van der Waals surface area contributed by atoms with Crippen LogP contribution in [0.2, 0.25) is 0 Å². The van der Waals surface area contributed by atoms with E-state index in [1.807, 2.05) is 0 Å². The first-order valence-electron chi connectivity index (χ1n) is 8.92. The van der Waals surface area contributed by atoms with Crippen molar-refractivity contribution in [2.24, 2.45) is 0 Å². The first-order chi connectivity index (χ1) is 11.5. The van der Waals surface area contributed by atoms with Gasteiger partial charge in [-0.1, -0.05) is 32.9 Å². The van der Waals surface area contributed by atoms with Gasteiger partial charge in [-0.2, -0.15) is 0 Å². The van der Waals surface area contributed by atoms with Gasteiger partial charge in [0.15, 0.2) is 0 Å². The Kier molecular flexibility index (Phi) is 3.85. The number of quaternary nitrogens is 1. The van der Waals surface area contributed by atoms with Gasteiger partial charge in [0, 0.05) is 17.3 Å². The number of hydrogen-bond donors (Lipinski definition) is 1. The molecule has 1 saturated heterocycles. The number of ether oxygens (including phenoxy) is 1. The van der Waals surface area contributed by atoms with Crippen molar-refractivity contribution in [3.05, 3.63) is 36.2 Å². The zero-order valence-electron chi connectivity index (χ0n) is 14.9. The molecule has 0 amide bonds. The number of morpholine rings is 1. The fourth-order valence-corrected chi connectivity index (χ4v) is 3.65. The number of para-hydroxylation sites is 2. The molecule has 128 valence electrons. The van der Waals surface area contributed by atoms with E-state index in [2.05, 4.69) is 60.2 Å². The van der Waals surface area contributed by atoms with Gasteiger partial charge in [-0.15, -0.1) is 0 Å². The van der Waals surface area contributed by atoms with Gasteiger partial charge < -0.3 is 14.2 Å². The number of nitrogens with one attached hydrogen (secondary N) is 1. The number of benzene rings is 1. The Morgan fingerprint density at radius 3 is 2.67 bits per heavy atom. The molecule has 4 rings (SSSR count). The molecule has 1 aromatic carbocycles. The molecule has 0 unspecified atom stereocenters. The van der Waals surface area contributed by atoms with Gasteiger partial charge in [0.05, 0.1) is 37.3 Å². The molecule has 0 saturated carbocycles. The molecule has 1 aliphatic rings. The van der Waals surface area contributed by atoms with Crippen LogP contribution in [-0.2, 0) is 16.7 Å². The molecule has 0 bridgehead atoms. The van der Waals surface area contributed by atoms with Gasteiger partial charge in [-0.25, -0.2) is 4.98 Å². The van der Waals surface area contributed by atoms with Crippen LogP contribution in [0.1, 0.15) is 26.5 Å². The summed E-state index contributed by atoms with van der Waals surface area (Å²) in [5.74, 6) is 1.06. The van der Waals surface area contributed by atoms with E-state index in [1.165, 1.54) is 11.2 Å². The summed E-state index contributed by atoms with van der Waals surface area (Å²) in [6.07, 6.45) is 2.28. The molecule has 1 fully saturated rings. The van der Waals surface area contributed by atoms with Gasteiger partial charge in [0.1, 0.15) is 13.1 Å². The van der Waals surface area contributed by atoms with E-state index in [0.29, 0.717) is 0 Å². The number of rotatable bonds is 3. The summed E-state index contributed by atoms with van der Waals surface area (Å²) in [7, 11) is 0. The number of aromatic nitrogens is 3. The Hall–Kier alpha value is -1.85. The lowest BCUT2D eigenvalue weighted by atomic mass is 9.92. The van der Waals surface area contributed by atoms with Crippen molar-refractivity contribution >= 4 is 16.8 Å². The van der Waals surface area contributed by atoms with Gasteiger partial charge in [-0.3, -0.25) is 4.40 Å². The van der Waals surface area contributed by atoms with Crippen LogP contribution in [0, 0.1) is 0 Å². The van der Waals surface area contributed by atoms with Crippen molar-refractivity contribution in [2.75, 3.05) is 32.8 Å². The van der Waals surface area contributed by atoms with E-state index in [-0.39, 0.29) is 5.41 Å². The monoisotopic (exact) mass is 327 g/mol. The highest BCUT2D eigenvalue weighted by atomic mass is 16.5. The van der Waals surface area contributed by atoms with E-state index in [0.717, 1.165) is 50.7 Å². The molecule has 1 aliphatic heterocycles. The highest BCUT2D eigenvalue weighted by molar-refractivity contribution is 5.79. The van der Waals surface area contributed by atoms with Crippen LogP contribution in [0.3, 0.4) is 0 Å². The Bertz CT molecular complexity index is 849. The van der Waals surface area contributed by atoms with Crippen LogP contribution in [-0.4, -0.2) is 46.8 Å². The SMILES string of the molecule is CC(C)(C)c1cn2c3ccccc3nc2n1CC[NH+]1CCOCC1. The van der Waals surface area contributed by atoms with E-state index in [4.69, 9.17) is 9.72 Å². The molecule has 0 atom stereocenters. The third-order valence-corrected chi connectivity index (χ3v) is 5.02. The lowest BCUT2D eigenvalue weighted by molar-refractivity contribution is -0.908. The predicted molar refractivity (Wildman–Crippen MR) is 95.8 cm³/mol. The number of fused-ring (bicyclic) bond motifs is 3. The average Bonchev–Trinajstić information content (AvgIpc) is 3.10. The molecule has 5 nitrogen and oxygen atoms in total. The molecule has 3 aromatic rings. The quantitative estimate of drug-likeness (QED) is 0.791. The van der Waals surface area contributed by atoms with Gasteiger partial charge in [0.2, 0.25) is 5.78 Å². The molecule has 2 aromatic heterocycles. The molecule has 0 aliphatic carbocycles. The van der Waals surface area contributed by atoms with Crippen LogP contribution in [0.5, 0.6) is 0 Å². The molecule has 3 heterocycles. The first-order valence-corrected chi connectivity index (χ1v) is 8.92. The zero-order chi connectivity index (χ0) is 16.7. The molecule has 0 radical (unpaired) electrons. The van der Waals surface area contributed by atoms with Crippen molar-refractivity contribution in [1.82, 2.24) is 14.0 Å². The smallest absolute Gasteiger partial charge is 0.215 e. The minimum absolute atomic E-state index is 0.0994. The standard InChI is InChI=1S/C19H26N4O/c1-19(2,3)17-14-23-16-7-5-4-6-15(16)20-18(23)22(17)9-8-21-10-12-24-13-11-21/h4-7,14H,8-13H2,1-3H3/p+1. The molecular formula is C19H27N4O+. The third kappa shape index (κ3) is 2.72. The highest BCUT2D eigenvalue weighted by Gasteiger charge is 2.24. The predicted octanol–water partition coefficient (Wildman–Crippen LogP) is 1.50. The second-order valence-electron chi connectivity index (χ2n) is 7.80. The molecule has 5 heteroatoms. The van der Waals surface area contributed by atoms with E-state index < -0.39 is 0 Å². The summed E-state index contributed by atoms with van der Waals surface area (Å²) < 4.78 is 10.2. The summed E-state index contributed by atoms with van der Waals surface area (Å²) in [6, 6.07) is 8.39. The van der Waals surface area contributed by atoms with Gasteiger partial charge >= 0.3 is 0 Å². The topological polar surface area (TPSA) is 35.9 Å². The van der Waals surface area contributed by atoms with Crippen molar-refractivity contribution in [1.29, 1.82) is 0 Å². The maximum atomic E-state index is 5.48. The Morgan fingerprint density at radius 1 is 1.17 bits per heavy atom. The number of imidazole rings is 2. The lowest BCUT2D eigenvalue weighted by Crippen LogP contribution is -3.14. The molecule has 0 spiro atoms. The third-order valence-electron chi connectivity index (χ3n) is 5.02.